The van der Waals surface area contributed by atoms with Crippen LogP contribution in [0.2, 0.25) is 0 Å². The number of fused-ring (bicyclic) bond motifs is 1. The molecule has 1 atom stereocenters. The zero-order chi connectivity index (χ0) is 16.5. The molecule has 1 aromatic heterocycles. The van der Waals surface area contributed by atoms with Crippen LogP contribution >= 0.6 is 11.3 Å². The number of hydrogen-bond acceptors (Lipinski definition) is 6. The lowest BCUT2D eigenvalue weighted by Gasteiger charge is -2.29. The first-order valence-corrected chi connectivity index (χ1v) is 8.74. The molecule has 1 N–H and O–H groups in total. The largest absolute Gasteiger partial charge is 0.486 e. The predicted octanol–water partition coefficient (Wildman–Crippen LogP) is 2.72. The second-order valence-corrected chi connectivity index (χ2v) is 7.04. The molecule has 0 radical (unpaired) electrons. The second kappa shape index (κ2) is 6.27. The summed E-state index contributed by atoms with van der Waals surface area (Å²) in [6.45, 7) is 0.841. The molecular weight excluding hydrogens is 328 g/mol. The van der Waals surface area contributed by atoms with E-state index in [0.717, 1.165) is 10.8 Å². The van der Waals surface area contributed by atoms with Crippen LogP contribution in [0.4, 0.5) is 9.93 Å². The summed E-state index contributed by atoms with van der Waals surface area (Å²) in [5.74, 6) is 1.99. The molecule has 8 heteroatoms. The fourth-order valence-electron chi connectivity index (χ4n) is 2.51. The van der Waals surface area contributed by atoms with E-state index in [0.29, 0.717) is 30.0 Å². The minimum absolute atomic E-state index is 0.202. The molecule has 7 nitrogen and oxygen atoms in total. The van der Waals surface area contributed by atoms with E-state index in [9.17, 15) is 4.79 Å². The fraction of sp³-hybridized carbons (Fsp3) is 0.438. The quantitative estimate of drug-likeness (QED) is 0.921. The van der Waals surface area contributed by atoms with Crippen molar-refractivity contribution in [2.45, 2.75) is 24.9 Å². The van der Waals surface area contributed by atoms with Crippen LogP contribution in [0.3, 0.4) is 0 Å². The number of benzene rings is 1. The van der Waals surface area contributed by atoms with Crippen LogP contribution in [0, 0.1) is 0 Å². The van der Waals surface area contributed by atoms with Gasteiger partial charge in [-0.1, -0.05) is 23.5 Å². The van der Waals surface area contributed by atoms with E-state index >= 15 is 0 Å². The van der Waals surface area contributed by atoms with Gasteiger partial charge in [0.1, 0.15) is 11.6 Å². The van der Waals surface area contributed by atoms with Crippen LogP contribution in [0.5, 0.6) is 11.5 Å². The normalized spacial score (nSPS) is 19.0. The van der Waals surface area contributed by atoms with Crippen LogP contribution < -0.4 is 14.8 Å². The van der Waals surface area contributed by atoms with Crippen molar-refractivity contribution in [3.05, 3.63) is 29.3 Å². The first-order chi connectivity index (χ1) is 11.7. The maximum atomic E-state index is 12.3. The number of amides is 2. The first-order valence-electron chi connectivity index (χ1n) is 7.93. The molecule has 1 saturated carbocycles. The van der Waals surface area contributed by atoms with E-state index in [2.05, 4.69) is 15.5 Å². The number of ether oxygens (including phenoxy) is 2. The van der Waals surface area contributed by atoms with Gasteiger partial charge in [0.2, 0.25) is 5.13 Å². The Hall–Kier alpha value is -2.35. The molecule has 2 aliphatic rings. The van der Waals surface area contributed by atoms with Gasteiger partial charge >= 0.3 is 6.03 Å². The number of likely N-dealkylation sites (N-methyl/N-ethyl adjacent to an activating group) is 1. The van der Waals surface area contributed by atoms with Crippen LogP contribution in [-0.4, -0.2) is 47.4 Å². The van der Waals surface area contributed by atoms with Gasteiger partial charge in [0.25, 0.3) is 0 Å². The molecule has 2 aromatic rings. The Morgan fingerprint density at radius 1 is 1.33 bits per heavy atom. The maximum absolute atomic E-state index is 12.3. The van der Waals surface area contributed by atoms with Gasteiger partial charge in [-0.05, 0) is 25.0 Å². The number of rotatable bonds is 4. The Labute approximate surface area is 143 Å². The molecular formula is C16H18N4O3S. The average molecular weight is 346 g/mol. The van der Waals surface area contributed by atoms with Crippen molar-refractivity contribution >= 4 is 22.5 Å². The smallest absolute Gasteiger partial charge is 0.323 e. The second-order valence-electron chi connectivity index (χ2n) is 6.03. The molecule has 0 spiro atoms. The number of carbonyl (C=O) groups is 1. The summed E-state index contributed by atoms with van der Waals surface area (Å²) in [4.78, 5) is 13.9. The highest BCUT2D eigenvalue weighted by Crippen LogP contribution is 2.42. The van der Waals surface area contributed by atoms with E-state index in [1.165, 1.54) is 24.2 Å². The summed E-state index contributed by atoms with van der Waals surface area (Å²) >= 11 is 1.45. The topological polar surface area (TPSA) is 76.6 Å². The molecule has 4 rings (SSSR count). The maximum Gasteiger partial charge on any atom is 0.323 e. The van der Waals surface area contributed by atoms with Crippen molar-refractivity contribution < 1.29 is 14.3 Å². The summed E-state index contributed by atoms with van der Waals surface area (Å²) < 4.78 is 11.5. The molecule has 126 valence electrons. The Morgan fingerprint density at radius 2 is 2.12 bits per heavy atom. The Bertz CT molecular complexity index is 746. The third-order valence-electron chi connectivity index (χ3n) is 3.97. The Balaban J connectivity index is 1.32. The molecule has 24 heavy (non-hydrogen) atoms. The molecule has 0 bridgehead atoms. The average Bonchev–Trinajstić information content (AvgIpc) is 3.34. The lowest BCUT2D eigenvalue weighted by atomic mass is 10.2. The van der Waals surface area contributed by atoms with E-state index in [1.54, 1.807) is 11.9 Å². The standard InChI is InChI=1S/C16H18N4O3S/c1-20(8-11-9-22-12-4-2-3-5-13(12)23-11)16(21)17-15-19-18-14(24-15)10-6-7-10/h2-5,10-11H,6-9H2,1H3,(H,17,19,21)/t11-/m1/s1. The monoisotopic (exact) mass is 346 g/mol. The number of carbonyl (C=O) groups excluding carboxylic acids is 1. The van der Waals surface area contributed by atoms with Gasteiger partial charge in [0.15, 0.2) is 17.6 Å². The van der Waals surface area contributed by atoms with Gasteiger partial charge in [-0.15, -0.1) is 10.2 Å². The summed E-state index contributed by atoms with van der Waals surface area (Å²) in [5, 5.41) is 12.5. The highest BCUT2D eigenvalue weighted by atomic mass is 32.1. The molecule has 0 unspecified atom stereocenters. The lowest BCUT2D eigenvalue weighted by Crippen LogP contribution is -2.43. The van der Waals surface area contributed by atoms with Crippen molar-refractivity contribution in [1.29, 1.82) is 0 Å². The number of nitrogens with one attached hydrogen (secondary N) is 1. The lowest BCUT2D eigenvalue weighted by molar-refractivity contribution is 0.0731. The third-order valence-corrected chi connectivity index (χ3v) is 4.97. The van der Waals surface area contributed by atoms with Crippen LogP contribution in [0.1, 0.15) is 23.8 Å². The predicted molar refractivity (Wildman–Crippen MR) is 89.9 cm³/mol. The molecule has 0 saturated heterocycles. The summed E-state index contributed by atoms with van der Waals surface area (Å²) in [6.07, 6.45) is 2.14. The van der Waals surface area contributed by atoms with Gasteiger partial charge in [0, 0.05) is 13.0 Å². The van der Waals surface area contributed by atoms with Crippen molar-refractivity contribution in [1.82, 2.24) is 15.1 Å². The molecule has 1 aliphatic carbocycles. The van der Waals surface area contributed by atoms with E-state index in [-0.39, 0.29) is 12.1 Å². The Kier molecular flexibility index (Phi) is 3.97. The molecule has 2 heterocycles. The van der Waals surface area contributed by atoms with Crippen molar-refractivity contribution in [3.8, 4) is 11.5 Å². The minimum Gasteiger partial charge on any atom is -0.486 e. The number of urea groups is 1. The number of nitrogens with zero attached hydrogens (tertiary/aromatic N) is 3. The third kappa shape index (κ3) is 3.28. The highest BCUT2D eigenvalue weighted by Gasteiger charge is 2.28. The summed E-state index contributed by atoms with van der Waals surface area (Å²) in [5.41, 5.74) is 0. The van der Waals surface area contributed by atoms with Crippen LogP contribution in [0.25, 0.3) is 0 Å². The molecule has 2 amide bonds. The zero-order valence-electron chi connectivity index (χ0n) is 13.3. The van der Waals surface area contributed by atoms with Crippen molar-refractivity contribution in [2.75, 3.05) is 25.5 Å². The zero-order valence-corrected chi connectivity index (χ0v) is 14.1. The SMILES string of the molecule is CN(C[C@@H]1COc2ccccc2O1)C(=O)Nc1nnc(C2CC2)s1. The van der Waals surface area contributed by atoms with Gasteiger partial charge in [-0.2, -0.15) is 0 Å². The molecule has 1 aromatic carbocycles. The van der Waals surface area contributed by atoms with Gasteiger partial charge in [-0.3, -0.25) is 5.32 Å². The van der Waals surface area contributed by atoms with Gasteiger partial charge in [-0.25, -0.2) is 4.79 Å². The molecule has 1 aliphatic heterocycles. The van der Waals surface area contributed by atoms with E-state index in [1.807, 2.05) is 24.3 Å². The van der Waals surface area contributed by atoms with Crippen molar-refractivity contribution in [3.63, 3.8) is 0 Å². The summed E-state index contributed by atoms with van der Waals surface area (Å²) in [7, 11) is 1.72. The number of hydrogen-bond donors (Lipinski definition) is 1. The van der Waals surface area contributed by atoms with Crippen LogP contribution in [-0.2, 0) is 0 Å². The van der Waals surface area contributed by atoms with Gasteiger partial charge in [0.05, 0.1) is 6.54 Å². The van der Waals surface area contributed by atoms with Crippen LogP contribution in [0.15, 0.2) is 24.3 Å². The highest BCUT2D eigenvalue weighted by molar-refractivity contribution is 7.15. The minimum atomic E-state index is -0.226. The number of anilines is 1. The Morgan fingerprint density at radius 3 is 2.92 bits per heavy atom. The van der Waals surface area contributed by atoms with Crippen molar-refractivity contribution in [2.24, 2.45) is 0 Å². The van der Waals surface area contributed by atoms with E-state index < -0.39 is 0 Å². The molecule has 1 fully saturated rings. The number of aromatic nitrogens is 2. The number of para-hydroxylation sites is 2. The summed E-state index contributed by atoms with van der Waals surface area (Å²) in [6, 6.07) is 7.31. The van der Waals surface area contributed by atoms with Gasteiger partial charge < -0.3 is 14.4 Å². The fourth-order valence-corrected chi connectivity index (χ4v) is 3.41. The van der Waals surface area contributed by atoms with E-state index in [4.69, 9.17) is 9.47 Å². The first kappa shape index (κ1) is 15.2.